The number of hydrogen-bond donors (Lipinski definition) is 1. The zero-order valence-corrected chi connectivity index (χ0v) is 15.2. The summed E-state index contributed by atoms with van der Waals surface area (Å²) in [6.07, 6.45) is 4.39. The first-order valence-corrected chi connectivity index (χ1v) is 9.17. The third-order valence-electron chi connectivity index (χ3n) is 4.94. The Morgan fingerprint density at radius 2 is 2.24 bits per heavy atom. The lowest BCUT2D eigenvalue weighted by molar-refractivity contribution is 0.178. The molecule has 1 saturated heterocycles. The molecule has 0 aliphatic carbocycles. The average Bonchev–Trinajstić information content (AvgIpc) is 2.62. The monoisotopic (exact) mass is 340 g/mol. The number of fused-ring (bicyclic) bond motifs is 1. The quantitative estimate of drug-likeness (QED) is 0.910. The van der Waals surface area contributed by atoms with Crippen LogP contribution in [0.4, 0.5) is 4.79 Å². The number of nitrogens with zero attached hydrogens (tertiary/aromatic N) is 3. The fourth-order valence-corrected chi connectivity index (χ4v) is 3.58. The summed E-state index contributed by atoms with van der Waals surface area (Å²) in [6, 6.07) is 10.0. The molecule has 1 N–H and O–H groups in total. The van der Waals surface area contributed by atoms with Crippen molar-refractivity contribution in [1.29, 1.82) is 0 Å². The van der Waals surface area contributed by atoms with Crippen LogP contribution < -0.4 is 5.32 Å². The van der Waals surface area contributed by atoms with Crippen LogP contribution in [0.5, 0.6) is 0 Å². The molecule has 1 aromatic carbocycles. The van der Waals surface area contributed by atoms with E-state index in [-0.39, 0.29) is 6.03 Å². The first-order valence-electron chi connectivity index (χ1n) is 9.17. The van der Waals surface area contributed by atoms with Gasteiger partial charge < -0.3 is 15.1 Å². The van der Waals surface area contributed by atoms with Crippen LogP contribution in [0.15, 0.2) is 36.5 Å². The molecule has 0 spiro atoms. The van der Waals surface area contributed by atoms with Crippen LogP contribution in [0, 0.1) is 5.92 Å². The highest BCUT2D eigenvalue weighted by atomic mass is 16.2. The number of likely N-dealkylation sites (tertiary alicyclic amines) is 1. The number of carbonyl (C=O) groups excluding carboxylic acids is 1. The number of pyridine rings is 1. The predicted octanol–water partition coefficient (Wildman–Crippen LogP) is 3.11. The predicted molar refractivity (Wildman–Crippen MR) is 101 cm³/mol. The van der Waals surface area contributed by atoms with Gasteiger partial charge in [-0.15, -0.1) is 0 Å². The molecule has 1 aromatic heterocycles. The lowest BCUT2D eigenvalue weighted by Crippen LogP contribution is -2.43. The van der Waals surface area contributed by atoms with Crippen LogP contribution in [0.25, 0.3) is 10.9 Å². The number of aromatic nitrogens is 1. The van der Waals surface area contributed by atoms with Gasteiger partial charge in [-0.1, -0.05) is 25.1 Å². The van der Waals surface area contributed by atoms with E-state index in [1.165, 1.54) is 12.8 Å². The molecule has 25 heavy (non-hydrogen) atoms. The third kappa shape index (κ3) is 4.69. The van der Waals surface area contributed by atoms with Gasteiger partial charge in [-0.25, -0.2) is 4.79 Å². The molecule has 0 bridgehead atoms. The maximum atomic E-state index is 12.4. The molecule has 0 saturated carbocycles. The molecule has 3 rings (SSSR count). The van der Waals surface area contributed by atoms with Crippen LogP contribution in [-0.4, -0.2) is 54.0 Å². The van der Waals surface area contributed by atoms with E-state index in [2.05, 4.69) is 34.3 Å². The Hall–Kier alpha value is -2.14. The number of benzene rings is 1. The molecule has 1 fully saturated rings. The number of nitrogens with one attached hydrogen (secondary N) is 1. The largest absolute Gasteiger partial charge is 0.337 e. The van der Waals surface area contributed by atoms with Gasteiger partial charge in [0.25, 0.3) is 0 Å². The van der Waals surface area contributed by atoms with Gasteiger partial charge in [-0.3, -0.25) is 4.98 Å². The van der Waals surface area contributed by atoms with Crippen molar-refractivity contribution < 1.29 is 4.79 Å². The summed E-state index contributed by atoms with van der Waals surface area (Å²) in [6.45, 7) is 6.82. The van der Waals surface area contributed by atoms with Crippen LogP contribution >= 0.6 is 0 Å². The Balaban J connectivity index is 1.50. The minimum Gasteiger partial charge on any atom is -0.337 e. The summed E-state index contributed by atoms with van der Waals surface area (Å²) in [5.41, 5.74) is 2.08. The second kappa shape index (κ2) is 8.30. The van der Waals surface area contributed by atoms with Crippen LogP contribution in [0.2, 0.25) is 0 Å². The summed E-state index contributed by atoms with van der Waals surface area (Å²) in [4.78, 5) is 20.9. The van der Waals surface area contributed by atoms with Crippen LogP contribution in [0.1, 0.15) is 25.3 Å². The summed E-state index contributed by atoms with van der Waals surface area (Å²) in [5, 5.41) is 4.15. The highest BCUT2D eigenvalue weighted by molar-refractivity contribution is 5.82. The van der Waals surface area contributed by atoms with Gasteiger partial charge in [0.05, 0.1) is 5.52 Å². The molecule has 0 radical (unpaired) electrons. The van der Waals surface area contributed by atoms with Gasteiger partial charge in [0.2, 0.25) is 0 Å². The van der Waals surface area contributed by atoms with Crippen molar-refractivity contribution in [2.24, 2.45) is 5.92 Å². The molecule has 1 aliphatic heterocycles. The molecule has 1 atom stereocenters. The standard InChI is InChI=1S/C20H28N4O/c1-16-6-5-12-24(14-16)13-11-22-20(25)23(2)15-17-7-3-9-19-18(17)8-4-10-21-19/h3-4,7-10,16H,5-6,11-15H2,1-2H3,(H,22,25)/t16-/m0/s1. The highest BCUT2D eigenvalue weighted by Crippen LogP contribution is 2.18. The fourth-order valence-electron chi connectivity index (χ4n) is 3.58. The Kier molecular flexibility index (Phi) is 5.87. The number of carbonyl (C=O) groups is 1. The zero-order valence-electron chi connectivity index (χ0n) is 15.2. The highest BCUT2D eigenvalue weighted by Gasteiger charge is 2.16. The normalized spacial score (nSPS) is 18.2. The average molecular weight is 340 g/mol. The molecule has 2 heterocycles. The summed E-state index contributed by atoms with van der Waals surface area (Å²) < 4.78 is 0. The smallest absolute Gasteiger partial charge is 0.317 e. The van der Waals surface area contributed by atoms with Crippen molar-refractivity contribution in [3.8, 4) is 0 Å². The first-order chi connectivity index (χ1) is 12.1. The van der Waals surface area contributed by atoms with E-state index in [0.29, 0.717) is 13.1 Å². The van der Waals surface area contributed by atoms with E-state index in [1.54, 1.807) is 11.1 Å². The zero-order chi connectivity index (χ0) is 17.6. The van der Waals surface area contributed by atoms with Crippen molar-refractivity contribution in [1.82, 2.24) is 20.1 Å². The summed E-state index contributed by atoms with van der Waals surface area (Å²) in [7, 11) is 1.84. The number of urea groups is 1. The molecule has 2 amide bonds. The lowest BCUT2D eigenvalue weighted by Gasteiger charge is -2.31. The topological polar surface area (TPSA) is 48.5 Å². The maximum Gasteiger partial charge on any atom is 0.317 e. The molecule has 2 aromatic rings. The van der Waals surface area contributed by atoms with E-state index < -0.39 is 0 Å². The number of piperidine rings is 1. The van der Waals surface area contributed by atoms with E-state index in [9.17, 15) is 4.79 Å². The molecule has 5 nitrogen and oxygen atoms in total. The minimum absolute atomic E-state index is 0.0223. The Labute approximate surface area is 150 Å². The summed E-state index contributed by atoms with van der Waals surface area (Å²) >= 11 is 0. The lowest BCUT2D eigenvalue weighted by atomic mass is 10.0. The SMILES string of the molecule is C[C@H]1CCCN(CCNC(=O)N(C)Cc2cccc3ncccc23)C1. The third-order valence-corrected chi connectivity index (χ3v) is 4.94. The molecule has 5 heteroatoms. The van der Waals surface area contributed by atoms with Crippen molar-refractivity contribution in [3.63, 3.8) is 0 Å². The van der Waals surface area contributed by atoms with Gasteiger partial charge >= 0.3 is 6.03 Å². The number of amides is 2. The first kappa shape index (κ1) is 17.7. The minimum atomic E-state index is -0.0223. The Bertz CT molecular complexity index is 712. The molecular formula is C20H28N4O. The number of rotatable bonds is 5. The van der Waals surface area contributed by atoms with Crippen molar-refractivity contribution in [2.45, 2.75) is 26.3 Å². The second-order valence-electron chi connectivity index (χ2n) is 7.12. The van der Waals surface area contributed by atoms with Gasteiger partial charge in [0.1, 0.15) is 0 Å². The van der Waals surface area contributed by atoms with Crippen molar-refractivity contribution in [3.05, 3.63) is 42.1 Å². The van der Waals surface area contributed by atoms with Crippen molar-refractivity contribution >= 4 is 16.9 Å². The maximum absolute atomic E-state index is 12.4. The Morgan fingerprint density at radius 1 is 1.36 bits per heavy atom. The summed E-state index contributed by atoms with van der Waals surface area (Å²) in [5.74, 6) is 0.770. The van der Waals surface area contributed by atoms with Gasteiger partial charge in [0.15, 0.2) is 0 Å². The van der Waals surface area contributed by atoms with E-state index in [4.69, 9.17) is 0 Å². The molecule has 0 unspecified atom stereocenters. The van der Waals surface area contributed by atoms with Gasteiger partial charge in [-0.2, -0.15) is 0 Å². The van der Waals surface area contributed by atoms with E-state index in [0.717, 1.165) is 42.0 Å². The van der Waals surface area contributed by atoms with Crippen LogP contribution in [-0.2, 0) is 6.54 Å². The van der Waals surface area contributed by atoms with Gasteiger partial charge in [-0.05, 0) is 43.0 Å². The van der Waals surface area contributed by atoms with Crippen LogP contribution in [0.3, 0.4) is 0 Å². The fraction of sp³-hybridized carbons (Fsp3) is 0.500. The van der Waals surface area contributed by atoms with E-state index >= 15 is 0 Å². The number of hydrogen-bond acceptors (Lipinski definition) is 3. The Morgan fingerprint density at radius 3 is 3.08 bits per heavy atom. The molecular weight excluding hydrogens is 312 g/mol. The second-order valence-corrected chi connectivity index (χ2v) is 7.12. The van der Waals surface area contributed by atoms with Crippen molar-refractivity contribution in [2.75, 3.05) is 33.2 Å². The van der Waals surface area contributed by atoms with E-state index in [1.807, 2.05) is 25.2 Å². The molecule has 134 valence electrons. The molecule has 1 aliphatic rings. The van der Waals surface area contributed by atoms with Gasteiger partial charge in [0, 0.05) is 44.8 Å².